The van der Waals surface area contributed by atoms with E-state index in [1.165, 1.54) is 5.56 Å². The standard InChI is InChI=1S/C16H20N4O/c1-21-9-6-17-10-14-5-8-19(11-14)12-15-13-20-7-3-2-4-16(20)18-15/h2-5,7-8,11,13,17H,6,9-10,12H2,1H3. The minimum Gasteiger partial charge on any atom is -0.383 e. The maximum Gasteiger partial charge on any atom is 0.137 e. The second-order valence-corrected chi connectivity index (χ2v) is 5.06. The lowest BCUT2D eigenvalue weighted by molar-refractivity contribution is 0.199. The molecule has 0 aromatic carbocycles. The third-order valence-corrected chi connectivity index (χ3v) is 3.38. The van der Waals surface area contributed by atoms with Gasteiger partial charge in [0.2, 0.25) is 0 Å². The summed E-state index contributed by atoms with van der Waals surface area (Å²) in [6.45, 7) is 3.26. The van der Waals surface area contributed by atoms with Crippen LogP contribution in [-0.2, 0) is 17.8 Å². The summed E-state index contributed by atoms with van der Waals surface area (Å²) in [6.07, 6.45) is 8.35. The summed E-state index contributed by atoms with van der Waals surface area (Å²) in [5.41, 5.74) is 3.33. The Kier molecular flexibility index (Phi) is 4.33. The molecule has 110 valence electrons. The number of hydrogen-bond donors (Lipinski definition) is 1. The summed E-state index contributed by atoms with van der Waals surface area (Å²) in [4.78, 5) is 4.61. The van der Waals surface area contributed by atoms with Gasteiger partial charge < -0.3 is 19.0 Å². The van der Waals surface area contributed by atoms with Crippen LogP contribution in [-0.4, -0.2) is 34.2 Å². The fraction of sp³-hybridized carbons (Fsp3) is 0.312. The van der Waals surface area contributed by atoms with Crippen LogP contribution in [0.25, 0.3) is 5.65 Å². The first-order valence-electron chi connectivity index (χ1n) is 7.12. The number of imidazole rings is 1. The van der Waals surface area contributed by atoms with Crippen molar-refractivity contribution in [1.29, 1.82) is 0 Å². The third kappa shape index (κ3) is 3.51. The van der Waals surface area contributed by atoms with E-state index in [-0.39, 0.29) is 0 Å². The van der Waals surface area contributed by atoms with Crippen molar-refractivity contribution >= 4 is 5.65 Å². The molecule has 5 nitrogen and oxygen atoms in total. The Bertz CT molecular complexity index is 668. The van der Waals surface area contributed by atoms with Gasteiger partial charge in [0.25, 0.3) is 0 Å². The lowest BCUT2D eigenvalue weighted by Crippen LogP contribution is -2.18. The highest BCUT2D eigenvalue weighted by Gasteiger charge is 2.02. The van der Waals surface area contributed by atoms with Crippen LogP contribution in [0.2, 0.25) is 0 Å². The highest BCUT2D eigenvalue weighted by atomic mass is 16.5. The molecular formula is C16H20N4O. The summed E-state index contributed by atoms with van der Waals surface area (Å²) in [5, 5.41) is 3.34. The molecule has 0 spiro atoms. The van der Waals surface area contributed by atoms with Gasteiger partial charge in [-0.3, -0.25) is 0 Å². The number of hydrogen-bond acceptors (Lipinski definition) is 3. The van der Waals surface area contributed by atoms with Crippen molar-refractivity contribution in [2.45, 2.75) is 13.1 Å². The van der Waals surface area contributed by atoms with Gasteiger partial charge in [-0.15, -0.1) is 0 Å². The lowest BCUT2D eigenvalue weighted by Gasteiger charge is -2.02. The predicted octanol–water partition coefficient (Wildman–Crippen LogP) is 1.92. The molecule has 0 saturated carbocycles. The Labute approximate surface area is 124 Å². The van der Waals surface area contributed by atoms with Gasteiger partial charge in [-0.05, 0) is 23.8 Å². The van der Waals surface area contributed by atoms with E-state index in [9.17, 15) is 0 Å². The molecule has 0 amide bonds. The van der Waals surface area contributed by atoms with Crippen molar-refractivity contribution in [1.82, 2.24) is 19.3 Å². The van der Waals surface area contributed by atoms with Gasteiger partial charge in [0.1, 0.15) is 5.65 Å². The Balaban J connectivity index is 1.61. The zero-order valence-electron chi connectivity index (χ0n) is 12.2. The Hall–Kier alpha value is -2.11. The average Bonchev–Trinajstić information content (AvgIpc) is 3.10. The fourth-order valence-corrected chi connectivity index (χ4v) is 2.35. The van der Waals surface area contributed by atoms with Crippen molar-refractivity contribution in [2.24, 2.45) is 0 Å². The number of aromatic nitrogens is 3. The van der Waals surface area contributed by atoms with E-state index in [1.54, 1.807) is 7.11 Å². The molecule has 21 heavy (non-hydrogen) atoms. The van der Waals surface area contributed by atoms with Crippen LogP contribution in [0.5, 0.6) is 0 Å². The molecule has 0 aliphatic carbocycles. The van der Waals surface area contributed by atoms with Crippen LogP contribution in [0, 0.1) is 0 Å². The topological polar surface area (TPSA) is 43.5 Å². The van der Waals surface area contributed by atoms with E-state index >= 15 is 0 Å². The molecule has 0 aliphatic heterocycles. The molecule has 0 saturated heterocycles. The number of nitrogens with zero attached hydrogens (tertiary/aromatic N) is 3. The van der Waals surface area contributed by atoms with Crippen LogP contribution in [0.3, 0.4) is 0 Å². The van der Waals surface area contributed by atoms with Gasteiger partial charge in [-0.25, -0.2) is 4.98 Å². The highest BCUT2D eigenvalue weighted by molar-refractivity contribution is 5.39. The predicted molar refractivity (Wildman–Crippen MR) is 82.3 cm³/mol. The van der Waals surface area contributed by atoms with Gasteiger partial charge in [0, 0.05) is 45.0 Å². The van der Waals surface area contributed by atoms with Crippen LogP contribution >= 0.6 is 0 Å². The van der Waals surface area contributed by atoms with E-state index in [2.05, 4.69) is 39.5 Å². The molecular weight excluding hydrogens is 264 g/mol. The maximum atomic E-state index is 5.01. The molecule has 0 atom stereocenters. The number of fused-ring (bicyclic) bond motifs is 1. The lowest BCUT2D eigenvalue weighted by atomic mass is 10.3. The van der Waals surface area contributed by atoms with Gasteiger partial charge >= 0.3 is 0 Å². The largest absolute Gasteiger partial charge is 0.383 e. The molecule has 0 fully saturated rings. The molecule has 5 heteroatoms. The van der Waals surface area contributed by atoms with Crippen molar-refractivity contribution < 1.29 is 4.74 Å². The van der Waals surface area contributed by atoms with E-state index in [0.29, 0.717) is 0 Å². The molecule has 3 aromatic heterocycles. The first-order chi connectivity index (χ1) is 10.3. The van der Waals surface area contributed by atoms with Crippen LogP contribution in [0.4, 0.5) is 0 Å². The zero-order chi connectivity index (χ0) is 14.5. The zero-order valence-corrected chi connectivity index (χ0v) is 12.2. The number of pyridine rings is 1. The quantitative estimate of drug-likeness (QED) is 0.674. The van der Waals surface area contributed by atoms with Gasteiger partial charge in [0.05, 0.1) is 18.8 Å². The normalized spacial score (nSPS) is 11.3. The second kappa shape index (κ2) is 6.56. The minimum atomic E-state index is 0.738. The first-order valence-corrected chi connectivity index (χ1v) is 7.12. The smallest absolute Gasteiger partial charge is 0.137 e. The van der Waals surface area contributed by atoms with Gasteiger partial charge in [0.15, 0.2) is 0 Å². The molecule has 3 aromatic rings. The molecule has 3 rings (SSSR count). The minimum absolute atomic E-state index is 0.738. The number of nitrogens with one attached hydrogen (secondary N) is 1. The van der Waals surface area contributed by atoms with Gasteiger partial charge in [-0.2, -0.15) is 0 Å². The van der Waals surface area contributed by atoms with Gasteiger partial charge in [-0.1, -0.05) is 6.07 Å². The van der Waals surface area contributed by atoms with E-state index < -0.39 is 0 Å². The van der Waals surface area contributed by atoms with Crippen molar-refractivity contribution in [3.05, 3.63) is 60.3 Å². The second-order valence-electron chi connectivity index (χ2n) is 5.06. The molecule has 3 heterocycles. The Morgan fingerprint density at radius 1 is 1.19 bits per heavy atom. The molecule has 1 N–H and O–H groups in total. The van der Waals surface area contributed by atoms with E-state index in [4.69, 9.17) is 4.74 Å². The van der Waals surface area contributed by atoms with Crippen molar-refractivity contribution in [3.63, 3.8) is 0 Å². The monoisotopic (exact) mass is 284 g/mol. The van der Waals surface area contributed by atoms with Crippen molar-refractivity contribution in [2.75, 3.05) is 20.3 Å². The van der Waals surface area contributed by atoms with E-state index in [0.717, 1.165) is 37.6 Å². The summed E-state index contributed by atoms with van der Waals surface area (Å²) in [5.74, 6) is 0. The Morgan fingerprint density at radius 3 is 3.00 bits per heavy atom. The van der Waals surface area contributed by atoms with Crippen LogP contribution < -0.4 is 5.32 Å². The Morgan fingerprint density at radius 2 is 2.14 bits per heavy atom. The van der Waals surface area contributed by atoms with Crippen LogP contribution in [0.1, 0.15) is 11.3 Å². The average molecular weight is 284 g/mol. The third-order valence-electron chi connectivity index (χ3n) is 3.38. The fourth-order valence-electron chi connectivity index (χ4n) is 2.35. The van der Waals surface area contributed by atoms with Crippen LogP contribution in [0.15, 0.2) is 49.1 Å². The first kappa shape index (κ1) is 13.9. The molecule has 0 unspecified atom stereocenters. The summed E-state index contributed by atoms with van der Waals surface area (Å²) in [7, 11) is 1.72. The summed E-state index contributed by atoms with van der Waals surface area (Å²) >= 11 is 0. The number of rotatable bonds is 7. The number of methoxy groups -OCH3 is 1. The molecule has 0 radical (unpaired) electrons. The summed E-state index contributed by atoms with van der Waals surface area (Å²) < 4.78 is 9.22. The SMILES string of the molecule is COCCNCc1ccn(Cc2cn3ccccc3n2)c1. The molecule has 0 bridgehead atoms. The molecule has 0 aliphatic rings. The van der Waals surface area contributed by atoms with Crippen molar-refractivity contribution in [3.8, 4) is 0 Å². The van der Waals surface area contributed by atoms with E-state index in [1.807, 2.05) is 28.8 Å². The maximum absolute atomic E-state index is 5.01. The number of ether oxygens (including phenoxy) is 1. The summed E-state index contributed by atoms with van der Waals surface area (Å²) in [6, 6.07) is 8.17. The highest BCUT2D eigenvalue weighted by Crippen LogP contribution is 2.08.